The number of allylic oxidation sites excluding steroid dienone is 1. The van der Waals surface area contributed by atoms with Crippen LogP contribution in [0.4, 0.5) is 0 Å². The van der Waals surface area contributed by atoms with Crippen molar-refractivity contribution in [1.29, 1.82) is 0 Å². The van der Waals surface area contributed by atoms with Crippen LogP contribution in [-0.2, 0) is 0 Å². The molecule has 0 aliphatic carbocycles. The molecular formula is C11H13Cl3Si. The number of halogens is 3. The molecule has 1 unspecified atom stereocenters. The first kappa shape index (κ1) is 13.1. The second-order valence-corrected chi connectivity index (χ2v) is 12.4. The minimum Gasteiger partial charge on any atom is -0.125 e. The van der Waals surface area contributed by atoms with E-state index in [2.05, 4.69) is 0 Å². The molecule has 1 aromatic carbocycles. The average Bonchev–Trinajstić information content (AvgIpc) is 2.17. The third-order valence-electron chi connectivity index (χ3n) is 2.30. The van der Waals surface area contributed by atoms with Gasteiger partial charge >= 0.3 is 6.00 Å². The van der Waals surface area contributed by atoms with Crippen molar-refractivity contribution in [3.63, 3.8) is 0 Å². The Labute approximate surface area is 106 Å². The van der Waals surface area contributed by atoms with Gasteiger partial charge in [0.15, 0.2) is 0 Å². The van der Waals surface area contributed by atoms with E-state index in [0.29, 0.717) is 0 Å². The molecule has 0 nitrogen and oxygen atoms in total. The van der Waals surface area contributed by atoms with Crippen LogP contribution in [0.3, 0.4) is 0 Å². The lowest BCUT2D eigenvalue weighted by molar-refractivity contribution is 1.06. The van der Waals surface area contributed by atoms with Crippen LogP contribution in [-0.4, -0.2) is 6.00 Å². The molecule has 82 valence electrons. The van der Waals surface area contributed by atoms with Gasteiger partial charge in [-0.15, -0.1) is 33.2 Å². The number of rotatable bonds is 3. The summed E-state index contributed by atoms with van der Waals surface area (Å²) in [7, 11) is 0. The summed E-state index contributed by atoms with van der Waals surface area (Å²) in [5, 5.41) is 0. The fourth-order valence-electron chi connectivity index (χ4n) is 1.41. The van der Waals surface area contributed by atoms with Crippen LogP contribution in [0.15, 0.2) is 30.3 Å². The van der Waals surface area contributed by atoms with E-state index in [9.17, 15) is 0 Å². The SMILES string of the molecule is C/C=C/c1ccccc1C(C)[Si](Cl)(Cl)Cl. The van der Waals surface area contributed by atoms with E-state index in [-0.39, 0.29) is 5.54 Å². The lowest BCUT2D eigenvalue weighted by Crippen LogP contribution is -2.21. The summed E-state index contributed by atoms with van der Waals surface area (Å²) < 4.78 is 0. The predicted molar refractivity (Wildman–Crippen MR) is 72.9 cm³/mol. The van der Waals surface area contributed by atoms with Crippen molar-refractivity contribution in [2.45, 2.75) is 19.4 Å². The molecule has 0 N–H and O–H groups in total. The molecule has 15 heavy (non-hydrogen) atoms. The third kappa shape index (κ3) is 3.53. The Morgan fingerprint density at radius 1 is 1.20 bits per heavy atom. The average molecular weight is 280 g/mol. The molecule has 0 aliphatic heterocycles. The molecule has 0 saturated heterocycles. The van der Waals surface area contributed by atoms with Crippen LogP contribution in [0.5, 0.6) is 0 Å². The highest BCUT2D eigenvalue weighted by Crippen LogP contribution is 2.37. The lowest BCUT2D eigenvalue weighted by Gasteiger charge is -2.19. The summed E-state index contributed by atoms with van der Waals surface area (Å²) in [6.45, 7) is 3.95. The fourth-order valence-corrected chi connectivity index (χ4v) is 3.09. The Morgan fingerprint density at radius 2 is 1.80 bits per heavy atom. The summed E-state index contributed by atoms with van der Waals surface area (Å²) in [4.78, 5) is 0. The smallest absolute Gasteiger partial charge is 0.125 e. The Balaban J connectivity index is 3.13. The maximum atomic E-state index is 6.04. The molecule has 0 amide bonds. The van der Waals surface area contributed by atoms with Crippen molar-refractivity contribution >= 4 is 45.3 Å². The molecule has 1 aromatic rings. The van der Waals surface area contributed by atoms with E-state index in [4.69, 9.17) is 33.2 Å². The molecule has 0 spiro atoms. The van der Waals surface area contributed by atoms with Crippen LogP contribution in [0, 0.1) is 0 Å². The van der Waals surface area contributed by atoms with Gasteiger partial charge < -0.3 is 0 Å². The number of hydrogen-bond donors (Lipinski definition) is 0. The van der Waals surface area contributed by atoms with Crippen LogP contribution in [0.25, 0.3) is 6.08 Å². The van der Waals surface area contributed by atoms with Gasteiger partial charge in [-0.2, -0.15) is 0 Å². The molecule has 1 atom stereocenters. The van der Waals surface area contributed by atoms with E-state index in [1.54, 1.807) is 0 Å². The van der Waals surface area contributed by atoms with Gasteiger partial charge in [-0.1, -0.05) is 43.3 Å². The predicted octanol–water partition coefficient (Wildman–Crippen LogP) is 5.02. The Kier molecular flexibility index (Phi) is 4.72. The monoisotopic (exact) mass is 278 g/mol. The van der Waals surface area contributed by atoms with Crippen LogP contribution < -0.4 is 0 Å². The lowest BCUT2D eigenvalue weighted by atomic mass is 10.0. The van der Waals surface area contributed by atoms with E-state index in [0.717, 1.165) is 11.1 Å². The molecule has 0 aliphatic rings. The van der Waals surface area contributed by atoms with Gasteiger partial charge in [-0.25, -0.2) is 0 Å². The van der Waals surface area contributed by atoms with Gasteiger partial charge in [0.05, 0.1) is 0 Å². The molecule has 0 bridgehead atoms. The number of hydrogen-bond acceptors (Lipinski definition) is 0. The van der Waals surface area contributed by atoms with Crippen molar-refractivity contribution in [2.24, 2.45) is 0 Å². The van der Waals surface area contributed by atoms with E-state index < -0.39 is 6.00 Å². The molecule has 0 saturated carbocycles. The van der Waals surface area contributed by atoms with E-state index in [1.807, 2.05) is 50.3 Å². The number of benzene rings is 1. The van der Waals surface area contributed by atoms with Crippen molar-refractivity contribution in [3.05, 3.63) is 41.5 Å². The molecule has 0 heterocycles. The van der Waals surface area contributed by atoms with Gasteiger partial charge in [-0.05, 0) is 18.1 Å². The summed E-state index contributed by atoms with van der Waals surface area (Å²) in [5.74, 6) is 0. The molecule has 0 aromatic heterocycles. The van der Waals surface area contributed by atoms with Gasteiger partial charge in [0.1, 0.15) is 0 Å². The van der Waals surface area contributed by atoms with Crippen molar-refractivity contribution in [2.75, 3.05) is 0 Å². The highest BCUT2D eigenvalue weighted by molar-refractivity contribution is 7.65. The zero-order valence-corrected chi connectivity index (χ0v) is 11.9. The first-order valence-corrected chi connectivity index (χ1v) is 9.86. The molecule has 0 radical (unpaired) electrons. The maximum absolute atomic E-state index is 6.04. The topological polar surface area (TPSA) is 0 Å². The first-order valence-electron chi connectivity index (χ1n) is 4.75. The fraction of sp³-hybridized carbons (Fsp3) is 0.273. The minimum atomic E-state index is -2.68. The van der Waals surface area contributed by atoms with Crippen LogP contribution in [0.1, 0.15) is 30.5 Å². The highest BCUT2D eigenvalue weighted by atomic mass is 35.8. The third-order valence-corrected chi connectivity index (χ3v) is 6.54. The molecule has 4 heteroatoms. The summed E-state index contributed by atoms with van der Waals surface area (Å²) >= 11 is 18.1. The second-order valence-electron chi connectivity index (χ2n) is 3.39. The van der Waals surface area contributed by atoms with Crippen molar-refractivity contribution in [1.82, 2.24) is 0 Å². The quantitative estimate of drug-likeness (QED) is 0.538. The van der Waals surface area contributed by atoms with Gasteiger partial charge in [-0.3, -0.25) is 0 Å². The zero-order chi connectivity index (χ0) is 11.5. The second kappa shape index (κ2) is 5.40. The Bertz CT molecular complexity index is 355. The summed E-state index contributed by atoms with van der Waals surface area (Å²) in [6, 6.07) is 5.35. The van der Waals surface area contributed by atoms with Gasteiger partial charge in [0.2, 0.25) is 0 Å². The molecule has 0 fully saturated rings. The highest BCUT2D eigenvalue weighted by Gasteiger charge is 2.35. The standard InChI is InChI=1S/C11H13Cl3Si/c1-3-6-10-7-4-5-8-11(10)9(2)15(12,13)14/h3-9H,1-2H3/b6-3+. The molecule has 1 rings (SSSR count). The largest absolute Gasteiger partial charge is 0.348 e. The van der Waals surface area contributed by atoms with Crippen molar-refractivity contribution < 1.29 is 0 Å². The molecular weight excluding hydrogens is 267 g/mol. The van der Waals surface area contributed by atoms with Crippen molar-refractivity contribution in [3.8, 4) is 0 Å². The normalized spacial score (nSPS) is 14.5. The summed E-state index contributed by atoms with van der Waals surface area (Å²) in [6.07, 6.45) is 4.03. The van der Waals surface area contributed by atoms with E-state index in [1.165, 1.54) is 0 Å². The summed E-state index contributed by atoms with van der Waals surface area (Å²) in [5.41, 5.74) is 2.25. The zero-order valence-electron chi connectivity index (χ0n) is 8.68. The van der Waals surface area contributed by atoms with E-state index >= 15 is 0 Å². The first-order chi connectivity index (χ1) is 6.96. The maximum Gasteiger partial charge on any atom is 0.348 e. The minimum absolute atomic E-state index is 0.00917. The Hall–Kier alpha value is 0.0469. The van der Waals surface area contributed by atoms with Gasteiger partial charge in [0.25, 0.3) is 0 Å². The Morgan fingerprint density at radius 3 is 2.33 bits per heavy atom. The van der Waals surface area contributed by atoms with Crippen LogP contribution in [0.2, 0.25) is 0 Å². The van der Waals surface area contributed by atoms with Gasteiger partial charge in [0, 0.05) is 5.54 Å². The van der Waals surface area contributed by atoms with Crippen LogP contribution >= 0.6 is 33.2 Å².